The van der Waals surface area contributed by atoms with Gasteiger partial charge in [-0.15, -0.1) is 0 Å². The van der Waals surface area contributed by atoms with Gasteiger partial charge in [-0.1, -0.05) is 19.4 Å². The Morgan fingerprint density at radius 1 is 1.06 bits per heavy atom. The number of hydrogen-bond donors (Lipinski definition) is 0. The fourth-order valence-electron chi connectivity index (χ4n) is 0.909. The van der Waals surface area contributed by atoms with Gasteiger partial charge in [0.25, 0.3) is 0 Å². The highest BCUT2D eigenvalue weighted by Gasteiger charge is 1.99. The first kappa shape index (κ1) is 14.7. The lowest BCUT2D eigenvalue weighted by Crippen LogP contribution is -2.05. The summed E-state index contributed by atoms with van der Waals surface area (Å²) in [6.45, 7) is 6.11. The molecule has 0 aromatic rings. The van der Waals surface area contributed by atoms with Crippen LogP contribution in [0, 0.1) is 0 Å². The molecular weight excluding hydrogens is 208 g/mol. The Morgan fingerprint density at radius 2 is 1.62 bits per heavy atom. The maximum atomic E-state index is 10.8. The van der Waals surface area contributed by atoms with Crippen LogP contribution in [0.4, 0.5) is 0 Å². The van der Waals surface area contributed by atoms with Crippen LogP contribution >= 0.6 is 0 Å². The lowest BCUT2D eigenvalue weighted by molar-refractivity contribution is -0.143. The zero-order chi connectivity index (χ0) is 12.4. The summed E-state index contributed by atoms with van der Waals surface area (Å²) in [7, 11) is 0. The smallest absolute Gasteiger partial charge is 0.305 e. The van der Waals surface area contributed by atoms with E-state index in [9.17, 15) is 9.59 Å². The van der Waals surface area contributed by atoms with Crippen LogP contribution in [0.3, 0.4) is 0 Å². The van der Waals surface area contributed by atoms with Crippen molar-refractivity contribution in [2.24, 2.45) is 0 Å². The van der Waals surface area contributed by atoms with Crippen molar-refractivity contribution < 1.29 is 19.1 Å². The van der Waals surface area contributed by atoms with Crippen LogP contribution in [0.2, 0.25) is 0 Å². The van der Waals surface area contributed by atoms with Crippen LogP contribution in [-0.2, 0) is 19.1 Å². The third-order valence-electron chi connectivity index (χ3n) is 2.01. The lowest BCUT2D eigenvalue weighted by Gasteiger charge is -2.04. The molecule has 0 aliphatic rings. The highest BCUT2D eigenvalue weighted by molar-refractivity contribution is 5.69. The molecule has 16 heavy (non-hydrogen) atoms. The predicted molar refractivity (Wildman–Crippen MR) is 60.9 cm³/mol. The van der Waals surface area contributed by atoms with E-state index in [1.54, 1.807) is 13.8 Å². The third kappa shape index (κ3) is 8.03. The summed E-state index contributed by atoms with van der Waals surface area (Å²) in [5.74, 6) is -0.397. The van der Waals surface area contributed by atoms with E-state index in [-0.39, 0.29) is 11.9 Å². The second kappa shape index (κ2) is 8.95. The molecule has 0 unspecified atom stereocenters. The number of esters is 2. The van der Waals surface area contributed by atoms with E-state index in [0.29, 0.717) is 32.5 Å². The molecule has 0 N–H and O–H groups in total. The minimum absolute atomic E-state index is 0.190. The summed E-state index contributed by atoms with van der Waals surface area (Å²) in [6, 6.07) is 0. The van der Waals surface area contributed by atoms with Crippen molar-refractivity contribution >= 4 is 11.9 Å². The third-order valence-corrected chi connectivity index (χ3v) is 2.01. The Balaban J connectivity index is 3.63. The average Bonchev–Trinajstić information content (AvgIpc) is 2.28. The number of hydrogen-bond acceptors (Lipinski definition) is 4. The van der Waals surface area contributed by atoms with E-state index < -0.39 is 0 Å². The Bertz CT molecular complexity index is 256. The molecule has 0 fully saturated rings. The molecule has 0 aromatic heterocycles. The van der Waals surface area contributed by atoms with Crippen molar-refractivity contribution in [3.8, 4) is 0 Å². The van der Waals surface area contributed by atoms with Gasteiger partial charge in [-0.05, 0) is 13.0 Å². The van der Waals surface area contributed by atoms with Crippen LogP contribution in [0.15, 0.2) is 11.6 Å². The molecule has 0 heterocycles. The topological polar surface area (TPSA) is 52.6 Å². The largest absolute Gasteiger partial charge is 0.465 e. The molecule has 0 amide bonds. The van der Waals surface area contributed by atoms with Crippen molar-refractivity contribution in [3.05, 3.63) is 11.6 Å². The van der Waals surface area contributed by atoms with Crippen molar-refractivity contribution in [2.45, 2.75) is 40.0 Å². The summed E-state index contributed by atoms with van der Waals surface area (Å²) < 4.78 is 9.81. The SMILES string of the molecule is CCC(=O)OC/C=C(\C)CCOC(=O)CC. The maximum Gasteiger partial charge on any atom is 0.305 e. The molecule has 0 atom stereocenters. The summed E-state index contributed by atoms with van der Waals surface area (Å²) >= 11 is 0. The molecule has 0 saturated heterocycles. The van der Waals surface area contributed by atoms with E-state index >= 15 is 0 Å². The van der Waals surface area contributed by atoms with Gasteiger partial charge < -0.3 is 9.47 Å². The molecular formula is C12H20O4. The summed E-state index contributed by atoms with van der Waals surface area (Å²) in [5.41, 5.74) is 1.05. The molecule has 0 radical (unpaired) electrons. The second-order valence-corrected chi connectivity index (χ2v) is 3.41. The quantitative estimate of drug-likeness (QED) is 0.495. The average molecular weight is 228 g/mol. The monoisotopic (exact) mass is 228 g/mol. The number of carbonyl (C=O) groups is 2. The number of carbonyl (C=O) groups excluding carboxylic acids is 2. The van der Waals surface area contributed by atoms with Crippen LogP contribution in [-0.4, -0.2) is 25.2 Å². The normalized spacial score (nSPS) is 11.1. The summed E-state index contributed by atoms with van der Waals surface area (Å²) in [4.78, 5) is 21.6. The minimum atomic E-state index is -0.207. The second-order valence-electron chi connectivity index (χ2n) is 3.41. The van der Waals surface area contributed by atoms with Gasteiger partial charge in [0, 0.05) is 19.3 Å². The standard InChI is InChI=1S/C12H20O4/c1-4-11(13)15-8-6-10(3)7-9-16-12(14)5-2/h6H,4-5,7-9H2,1-3H3/b10-6+. The predicted octanol–water partition coefficient (Wildman–Crippen LogP) is 2.23. The maximum absolute atomic E-state index is 10.8. The minimum Gasteiger partial charge on any atom is -0.465 e. The van der Waals surface area contributed by atoms with Gasteiger partial charge in [0.05, 0.1) is 6.61 Å². The van der Waals surface area contributed by atoms with Gasteiger partial charge in [0.1, 0.15) is 6.61 Å². The van der Waals surface area contributed by atoms with Crippen LogP contribution in [0.1, 0.15) is 40.0 Å². The summed E-state index contributed by atoms with van der Waals surface area (Å²) in [5, 5.41) is 0. The Kier molecular flexibility index (Phi) is 8.21. The first-order valence-corrected chi connectivity index (χ1v) is 5.57. The van der Waals surface area contributed by atoms with Gasteiger partial charge in [0.15, 0.2) is 0 Å². The fraction of sp³-hybridized carbons (Fsp3) is 0.667. The zero-order valence-electron chi connectivity index (χ0n) is 10.2. The van der Waals surface area contributed by atoms with Crippen molar-refractivity contribution in [1.82, 2.24) is 0 Å². The molecule has 0 saturated carbocycles. The van der Waals surface area contributed by atoms with E-state index in [1.807, 2.05) is 13.0 Å². The van der Waals surface area contributed by atoms with Crippen molar-refractivity contribution in [2.75, 3.05) is 13.2 Å². The molecule has 0 spiro atoms. The zero-order valence-corrected chi connectivity index (χ0v) is 10.2. The Hall–Kier alpha value is -1.32. The highest BCUT2D eigenvalue weighted by Crippen LogP contribution is 2.01. The first-order chi connectivity index (χ1) is 7.60. The molecule has 4 nitrogen and oxygen atoms in total. The van der Waals surface area contributed by atoms with Crippen LogP contribution in [0.5, 0.6) is 0 Å². The van der Waals surface area contributed by atoms with E-state index in [1.165, 1.54) is 0 Å². The van der Waals surface area contributed by atoms with Crippen molar-refractivity contribution in [3.63, 3.8) is 0 Å². The molecule has 0 rings (SSSR count). The van der Waals surface area contributed by atoms with E-state index in [0.717, 1.165) is 5.57 Å². The van der Waals surface area contributed by atoms with Crippen LogP contribution < -0.4 is 0 Å². The molecule has 0 bridgehead atoms. The number of rotatable bonds is 7. The van der Waals surface area contributed by atoms with Gasteiger partial charge in [-0.25, -0.2) is 0 Å². The van der Waals surface area contributed by atoms with Crippen molar-refractivity contribution in [1.29, 1.82) is 0 Å². The molecule has 92 valence electrons. The van der Waals surface area contributed by atoms with Crippen LogP contribution in [0.25, 0.3) is 0 Å². The molecule has 0 aliphatic carbocycles. The lowest BCUT2D eigenvalue weighted by atomic mass is 10.2. The first-order valence-electron chi connectivity index (χ1n) is 5.57. The van der Waals surface area contributed by atoms with Gasteiger partial charge in [0.2, 0.25) is 0 Å². The van der Waals surface area contributed by atoms with Gasteiger partial charge >= 0.3 is 11.9 Å². The summed E-state index contributed by atoms with van der Waals surface area (Å²) in [6.07, 6.45) is 3.29. The molecule has 4 heteroatoms. The Morgan fingerprint density at radius 3 is 2.19 bits per heavy atom. The van der Waals surface area contributed by atoms with E-state index in [4.69, 9.17) is 9.47 Å². The molecule has 0 aromatic carbocycles. The van der Waals surface area contributed by atoms with E-state index in [2.05, 4.69) is 0 Å². The number of ether oxygens (including phenoxy) is 2. The van der Waals surface area contributed by atoms with Gasteiger partial charge in [-0.3, -0.25) is 9.59 Å². The highest BCUT2D eigenvalue weighted by atomic mass is 16.5. The Labute approximate surface area is 96.6 Å². The fourth-order valence-corrected chi connectivity index (χ4v) is 0.909. The molecule has 0 aliphatic heterocycles. The van der Waals surface area contributed by atoms with Gasteiger partial charge in [-0.2, -0.15) is 0 Å².